The van der Waals surface area contributed by atoms with Crippen LogP contribution >= 0.6 is 43.2 Å². The van der Waals surface area contributed by atoms with Crippen LogP contribution in [0.3, 0.4) is 0 Å². The Morgan fingerprint density at radius 1 is 1.56 bits per heavy atom. The van der Waals surface area contributed by atoms with Crippen LogP contribution in [0.1, 0.15) is 12.1 Å². The minimum absolute atomic E-state index is 0.229. The molecular weight excluding hydrogens is 386 g/mol. The highest BCUT2D eigenvalue weighted by molar-refractivity contribution is 9.13. The quantitative estimate of drug-likeness (QED) is 0.734. The molecule has 0 saturated carbocycles. The molecule has 96 valence electrons. The predicted molar refractivity (Wildman–Crippen MR) is 75.6 cm³/mol. The van der Waals surface area contributed by atoms with Crippen LogP contribution in [0, 0.1) is 0 Å². The van der Waals surface area contributed by atoms with E-state index in [-0.39, 0.29) is 5.97 Å². The molecule has 0 aliphatic rings. The van der Waals surface area contributed by atoms with Crippen LogP contribution in [0.15, 0.2) is 25.0 Å². The SMILES string of the molecule is COC(=O)CCc1csc(-c2cc(Br)c(Br)o2)n1. The molecule has 7 heteroatoms. The average molecular weight is 395 g/mol. The average Bonchev–Trinajstić information content (AvgIpc) is 2.94. The highest BCUT2D eigenvalue weighted by Gasteiger charge is 2.12. The molecule has 0 bridgehead atoms. The molecule has 0 aliphatic carbocycles. The Morgan fingerprint density at radius 2 is 2.33 bits per heavy atom. The minimum atomic E-state index is -0.229. The van der Waals surface area contributed by atoms with Crippen LogP contribution in [0.25, 0.3) is 10.8 Å². The lowest BCUT2D eigenvalue weighted by molar-refractivity contribution is -0.140. The molecule has 0 fully saturated rings. The van der Waals surface area contributed by atoms with Gasteiger partial charge in [-0.05, 0) is 31.9 Å². The maximum absolute atomic E-state index is 11.0. The van der Waals surface area contributed by atoms with Crippen molar-refractivity contribution in [2.75, 3.05) is 7.11 Å². The monoisotopic (exact) mass is 393 g/mol. The molecule has 0 aromatic carbocycles. The summed E-state index contributed by atoms with van der Waals surface area (Å²) in [4.78, 5) is 15.4. The van der Waals surface area contributed by atoms with Crippen molar-refractivity contribution in [3.8, 4) is 10.8 Å². The van der Waals surface area contributed by atoms with Crippen molar-refractivity contribution in [1.82, 2.24) is 4.98 Å². The van der Waals surface area contributed by atoms with Crippen molar-refractivity contribution in [2.24, 2.45) is 0 Å². The number of hydrogen-bond donors (Lipinski definition) is 0. The molecule has 2 heterocycles. The summed E-state index contributed by atoms with van der Waals surface area (Å²) in [5.41, 5.74) is 0.865. The van der Waals surface area contributed by atoms with Gasteiger partial charge in [0.25, 0.3) is 0 Å². The van der Waals surface area contributed by atoms with Gasteiger partial charge in [0.2, 0.25) is 0 Å². The van der Waals surface area contributed by atoms with Crippen LogP contribution in [0.4, 0.5) is 0 Å². The lowest BCUT2D eigenvalue weighted by Gasteiger charge is -1.95. The molecule has 2 aromatic heterocycles. The van der Waals surface area contributed by atoms with Gasteiger partial charge in [-0.15, -0.1) is 11.3 Å². The van der Waals surface area contributed by atoms with Crippen LogP contribution in [-0.4, -0.2) is 18.1 Å². The fourth-order valence-corrected chi connectivity index (χ4v) is 2.70. The van der Waals surface area contributed by atoms with Crippen molar-refractivity contribution in [3.63, 3.8) is 0 Å². The summed E-state index contributed by atoms with van der Waals surface area (Å²) >= 11 is 8.12. The number of esters is 1. The molecule has 0 radical (unpaired) electrons. The van der Waals surface area contributed by atoms with Gasteiger partial charge in [-0.1, -0.05) is 0 Å². The maximum Gasteiger partial charge on any atom is 0.305 e. The maximum atomic E-state index is 11.0. The summed E-state index contributed by atoms with van der Waals surface area (Å²) < 4.78 is 11.6. The Kier molecular flexibility index (Phi) is 4.58. The predicted octanol–water partition coefficient (Wildman–Crippen LogP) is 4.03. The minimum Gasteiger partial charge on any atom is -0.469 e. The largest absolute Gasteiger partial charge is 0.469 e. The van der Waals surface area contributed by atoms with E-state index >= 15 is 0 Å². The first-order valence-electron chi connectivity index (χ1n) is 5.06. The second-order valence-electron chi connectivity index (χ2n) is 3.45. The van der Waals surface area contributed by atoms with E-state index in [4.69, 9.17) is 4.42 Å². The third kappa shape index (κ3) is 3.21. The summed E-state index contributed by atoms with van der Waals surface area (Å²) in [7, 11) is 1.38. The van der Waals surface area contributed by atoms with Gasteiger partial charge >= 0.3 is 5.97 Å². The van der Waals surface area contributed by atoms with E-state index in [0.29, 0.717) is 23.3 Å². The van der Waals surface area contributed by atoms with Gasteiger partial charge in [0.1, 0.15) is 0 Å². The van der Waals surface area contributed by atoms with Crippen molar-refractivity contribution in [3.05, 3.63) is 26.3 Å². The molecule has 0 aliphatic heterocycles. The van der Waals surface area contributed by atoms with Crippen LogP contribution in [0.2, 0.25) is 0 Å². The van der Waals surface area contributed by atoms with Crippen molar-refractivity contribution in [2.45, 2.75) is 12.8 Å². The van der Waals surface area contributed by atoms with E-state index < -0.39 is 0 Å². The normalized spacial score (nSPS) is 10.6. The molecular formula is C11H9Br2NO3S. The fourth-order valence-electron chi connectivity index (χ4n) is 1.32. The van der Waals surface area contributed by atoms with Crippen molar-refractivity contribution < 1.29 is 13.9 Å². The highest BCUT2D eigenvalue weighted by atomic mass is 79.9. The second-order valence-corrected chi connectivity index (χ2v) is 5.89. The van der Waals surface area contributed by atoms with Gasteiger partial charge in [-0.25, -0.2) is 4.98 Å². The smallest absolute Gasteiger partial charge is 0.305 e. The van der Waals surface area contributed by atoms with E-state index in [9.17, 15) is 4.79 Å². The molecule has 4 nitrogen and oxygen atoms in total. The third-order valence-corrected chi connectivity index (χ3v) is 4.84. The van der Waals surface area contributed by atoms with Gasteiger partial charge in [0, 0.05) is 17.9 Å². The zero-order valence-corrected chi connectivity index (χ0v) is 13.4. The number of halogens is 2. The Balaban J connectivity index is 2.08. The summed E-state index contributed by atoms with van der Waals surface area (Å²) in [6.07, 6.45) is 0.914. The first kappa shape index (κ1) is 13.8. The summed E-state index contributed by atoms with van der Waals surface area (Å²) in [5.74, 6) is 0.469. The standard InChI is InChI=1S/C11H9Br2NO3S/c1-16-9(15)3-2-6-5-18-11(14-6)8-4-7(12)10(13)17-8/h4-5H,2-3H2,1H3. The summed E-state index contributed by atoms with van der Waals surface area (Å²) in [6, 6.07) is 1.85. The number of hydrogen-bond acceptors (Lipinski definition) is 5. The van der Waals surface area contributed by atoms with Gasteiger partial charge in [0.05, 0.1) is 23.7 Å². The van der Waals surface area contributed by atoms with E-state index in [2.05, 4.69) is 41.6 Å². The van der Waals surface area contributed by atoms with Crippen molar-refractivity contribution >= 4 is 49.2 Å². The van der Waals surface area contributed by atoms with E-state index in [1.54, 1.807) is 0 Å². The number of ether oxygens (including phenoxy) is 1. The number of carbonyl (C=O) groups excluding carboxylic acids is 1. The van der Waals surface area contributed by atoms with Gasteiger partial charge in [-0.2, -0.15) is 0 Å². The van der Waals surface area contributed by atoms with E-state index in [0.717, 1.165) is 15.2 Å². The van der Waals surface area contributed by atoms with E-state index in [1.165, 1.54) is 18.4 Å². The summed E-state index contributed by atoms with van der Waals surface area (Å²) in [6.45, 7) is 0. The number of aryl methyl sites for hydroxylation is 1. The fraction of sp³-hybridized carbons (Fsp3) is 0.273. The number of methoxy groups -OCH3 is 1. The summed E-state index contributed by atoms with van der Waals surface area (Å²) in [5, 5.41) is 2.71. The number of rotatable bonds is 4. The topological polar surface area (TPSA) is 52.3 Å². The second kappa shape index (κ2) is 5.99. The lowest BCUT2D eigenvalue weighted by atomic mass is 10.2. The van der Waals surface area contributed by atoms with Crippen LogP contribution < -0.4 is 0 Å². The molecule has 18 heavy (non-hydrogen) atoms. The first-order valence-corrected chi connectivity index (χ1v) is 7.53. The molecule has 0 saturated heterocycles. The Hall–Kier alpha value is -0.660. The Labute approximate surface area is 125 Å². The molecule has 0 atom stereocenters. The molecule has 2 aromatic rings. The number of furan rings is 1. The first-order chi connectivity index (χ1) is 8.60. The zero-order chi connectivity index (χ0) is 13.1. The van der Waals surface area contributed by atoms with Crippen LogP contribution in [-0.2, 0) is 16.0 Å². The molecule has 0 spiro atoms. The molecule has 2 rings (SSSR count). The number of nitrogens with zero attached hydrogens (tertiary/aromatic N) is 1. The van der Waals surface area contributed by atoms with Gasteiger partial charge in [0.15, 0.2) is 15.4 Å². The molecule has 0 amide bonds. The molecule has 0 unspecified atom stereocenters. The lowest BCUT2D eigenvalue weighted by Crippen LogP contribution is -2.01. The number of carbonyl (C=O) groups is 1. The number of aromatic nitrogens is 1. The Bertz CT molecular complexity index is 545. The highest BCUT2D eigenvalue weighted by Crippen LogP contribution is 2.34. The van der Waals surface area contributed by atoms with E-state index in [1.807, 2.05) is 11.4 Å². The molecule has 0 N–H and O–H groups in total. The van der Waals surface area contributed by atoms with Crippen LogP contribution in [0.5, 0.6) is 0 Å². The van der Waals surface area contributed by atoms with Gasteiger partial charge < -0.3 is 9.15 Å². The zero-order valence-electron chi connectivity index (χ0n) is 9.41. The van der Waals surface area contributed by atoms with Gasteiger partial charge in [-0.3, -0.25) is 4.79 Å². The van der Waals surface area contributed by atoms with Crippen molar-refractivity contribution in [1.29, 1.82) is 0 Å². The third-order valence-electron chi connectivity index (χ3n) is 2.22. The Morgan fingerprint density at radius 3 is 2.94 bits per heavy atom. The number of thiazole rings is 1.